The first-order valence-corrected chi connectivity index (χ1v) is 10.5. The molecule has 1 atom stereocenters. The zero-order chi connectivity index (χ0) is 21.6. The van der Waals surface area contributed by atoms with E-state index in [0.717, 1.165) is 18.4 Å². The van der Waals surface area contributed by atoms with Gasteiger partial charge in [0.25, 0.3) is 5.91 Å². The van der Waals surface area contributed by atoms with Gasteiger partial charge >= 0.3 is 0 Å². The molecule has 2 aromatic carbocycles. The number of carbonyl (C=O) groups is 1. The van der Waals surface area contributed by atoms with Crippen LogP contribution in [0, 0.1) is 0 Å². The van der Waals surface area contributed by atoms with Crippen molar-refractivity contribution < 1.29 is 9.63 Å². The van der Waals surface area contributed by atoms with Gasteiger partial charge in [0.15, 0.2) is 0 Å². The second-order valence-electron chi connectivity index (χ2n) is 6.60. The molecule has 0 saturated carbocycles. The zero-order valence-corrected chi connectivity index (χ0v) is 19.4. The predicted octanol–water partition coefficient (Wildman–Crippen LogP) is 6.96. The normalized spacial score (nSPS) is 12.6. The van der Waals surface area contributed by atoms with Crippen molar-refractivity contribution in [2.24, 2.45) is 5.16 Å². The molecular formula is C21H22Cl4N2O2. The molecule has 4 nitrogen and oxygen atoms in total. The van der Waals surface area contributed by atoms with Crippen LogP contribution >= 0.6 is 46.4 Å². The summed E-state index contributed by atoms with van der Waals surface area (Å²) in [6.07, 6.45) is 1.72. The van der Waals surface area contributed by atoms with E-state index in [1.807, 2.05) is 12.1 Å². The van der Waals surface area contributed by atoms with Crippen LogP contribution in [0.25, 0.3) is 0 Å². The molecule has 0 radical (unpaired) electrons. The number of carbonyl (C=O) groups excluding carboxylic acids is 1. The third kappa shape index (κ3) is 6.51. The van der Waals surface area contributed by atoms with Crippen LogP contribution in [0.2, 0.25) is 20.1 Å². The molecule has 0 aliphatic carbocycles. The Morgan fingerprint density at radius 1 is 1.07 bits per heavy atom. The maximum Gasteiger partial charge on any atom is 0.254 e. The topological polar surface area (TPSA) is 41.9 Å². The molecule has 0 spiro atoms. The van der Waals surface area contributed by atoms with Gasteiger partial charge in [-0.15, -0.1) is 0 Å². The Kier molecular flexibility index (Phi) is 9.09. The number of oxime groups is 1. The molecule has 0 saturated heterocycles. The lowest BCUT2D eigenvalue weighted by atomic mass is 9.89. The van der Waals surface area contributed by atoms with E-state index < -0.39 is 0 Å². The van der Waals surface area contributed by atoms with Crippen LogP contribution in [0.1, 0.15) is 41.6 Å². The molecule has 1 amide bonds. The Morgan fingerprint density at radius 3 is 2.28 bits per heavy atom. The number of halogens is 4. The number of hydrogen-bond donors (Lipinski definition) is 0. The molecule has 8 heteroatoms. The maximum absolute atomic E-state index is 12.9. The van der Waals surface area contributed by atoms with Gasteiger partial charge in [0.1, 0.15) is 7.11 Å². The van der Waals surface area contributed by atoms with Crippen LogP contribution in [-0.2, 0) is 4.84 Å². The van der Waals surface area contributed by atoms with Gasteiger partial charge in [0, 0.05) is 28.6 Å². The average molecular weight is 476 g/mol. The third-order valence-electron chi connectivity index (χ3n) is 4.39. The van der Waals surface area contributed by atoms with Gasteiger partial charge in [-0.25, -0.2) is 0 Å². The SMILES string of the molecule is CCCC(/C(CN(C)C(=O)c1cc(Cl)cc(Cl)c1)=N\OC)c1ccc(Cl)c(Cl)c1. The number of hydrogen-bond acceptors (Lipinski definition) is 3. The van der Waals surface area contributed by atoms with Crippen molar-refractivity contribution in [3.63, 3.8) is 0 Å². The first-order chi connectivity index (χ1) is 13.8. The van der Waals surface area contributed by atoms with E-state index in [2.05, 4.69) is 12.1 Å². The van der Waals surface area contributed by atoms with E-state index in [0.29, 0.717) is 31.4 Å². The summed E-state index contributed by atoms with van der Waals surface area (Å²) in [7, 11) is 3.18. The van der Waals surface area contributed by atoms with Gasteiger partial charge in [-0.1, -0.05) is 71.0 Å². The van der Waals surface area contributed by atoms with Crippen molar-refractivity contribution in [1.82, 2.24) is 4.90 Å². The molecule has 0 fully saturated rings. The summed E-state index contributed by atoms with van der Waals surface area (Å²) in [5, 5.41) is 5.98. The van der Waals surface area contributed by atoms with Crippen LogP contribution in [-0.4, -0.2) is 37.2 Å². The second kappa shape index (κ2) is 11.1. The van der Waals surface area contributed by atoms with Crippen molar-refractivity contribution >= 4 is 58.0 Å². The minimum atomic E-state index is -0.220. The molecule has 0 heterocycles. The Balaban J connectivity index is 2.31. The van der Waals surface area contributed by atoms with Crippen LogP contribution < -0.4 is 0 Å². The fourth-order valence-corrected chi connectivity index (χ4v) is 3.91. The highest BCUT2D eigenvalue weighted by atomic mass is 35.5. The van der Waals surface area contributed by atoms with Crippen molar-refractivity contribution in [3.8, 4) is 0 Å². The summed E-state index contributed by atoms with van der Waals surface area (Å²) in [4.78, 5) is 19.5. The second-order valence-corrected chi connectivity index (χ2v) is 8.29. The van der Waals surface area contributed by atoms with E-state index in [9.17, 15) is 4.79 Å². The highest BCUT2D eigenvalue weighted by Gasteiger charge is 2.23. The Labute approximate surface area is 191 Å². The number of benzene rings is 2. The van der Waals surface area contributed by atoms with Crippen molar-refractivity contribution in [3.05, 3.63) is 67.6 Å². The summed E-state index contributed by atoms with van der Waals surface area (Å²) in [6.45, 7) is 2.35. The van der Waals surface area contributed by atoms with Gasteiger partial charge in [-0.05, 0) is 42.3 Å². The fraction of sp³-hybridized carbons (Fsp3) is 0.333. The number of amides is 1. The molecule has 0 aliphatic heterocycles. The van der Waals surface area contributed by atoms with E-state index in [1.165, 1.54) is 7.11 Å². The Morgan fingerprint density at radius 2 is 1.72 bits per heavy atom. The maximum atomic E-state index is 12.9. The van der Waals surface area contributed by atoms with Gasteiger partial charge in [-0.3, -0.25) is 4.79 Å². The van der Waals surface area contributed by atoms with Gasteiger partial charge in [0.2, 0.25) is 0 Å². The summed E-state index contributed by atoms with van der Waals surface area (Å²) in [6, 6.07) is 10.3. The molecule has 2 aromatic rings. The molecular weight excluding hydrogens is 454 g/mol. The van der Waals surface area contributed by atoms with E-state index in [4.69, 9.17) is 51.2 Å². The molecule has 2 rings (SSSR count). The standard InChI is InChI=1S/C21H22Cl4N2O2/c1-4-5-17(13-6-7-18(24)19(25)10-13)20(26-29-3)12-27(2)21(28)14-8-15(22)11-16(23)9-14/h6-11,17H,4-5,12H2,1-3H3/b26-20-. The highest BCUT2D eigenvalue weighted by molar-refractivity contribution is 6.42. The third-order valence-corrected chi connectivity index (χ3v) is 5.56. The van der Waals surface area contributed by atoms with Crippen LogP contribution in [0.4, 0.5) is 0 Å². The molecule has 0 aliphatic rings. The summed E-state index contributed by atoms with van der Waals surface area (Å²) >= 11 is 24.3. The summed E-state index contributed by atoms with van der Waals surface area (Å²) in [5.74, 6) is -0.296. The molecule has 0 aromatic heterocycles. The predicted molar refractivity (Wildman–Crippen MR) is 122 cm³/mol. The minimum absolute atomic E-state index is 0.0760. The largest absolute Gasteiger partial charge is 0.399 e. The van der Waals surface area contributed by atoms with Gasteiger partial charge in [-0.2, -0.15) is 0 Å². The van der Waals surface area contributed by atoms with E-state index in [-0.39, 0.29) is 18.4 Å². The van der Waals surface area contributed by atoms with Crippen molar-refractivity contribution in [2.75, 3.05) is 20.7 Å². The number of rotatable bonds is 8. The summed E-state index contributed by atoms with van der Waals surface area (Å²) < 4.78 is 0. The van der Waals surface area contributed by atoms with Crippen LogP contribution in [0.3, 0.4) is 0 Å². The summed E-state index contributed by atoms with van der Waals surface area (Å²) in [5.41, 5.74) is 2.07. The molecule has 29 heavy (non-hydrogen) atoms. The molecule has 1 unspecified atom stereocenters. The molecule has 0 N–H and O–H groups in total. The first-order valence-electron chi connectivity index (χ1n) is 9.03. The molecule has 156 valence electrons. The highest BCUT2D eigenvalue weighted by Crippen LogP contribution is 2.30. The number of nitrogens with zero attached hydrogens (tertiary/aromatic N) is 2. The average Bonchev–Trinajstić information content (AvgIpc) is 2.66. The molecule has 0 bridgehead atoms. The lowest BCUT2D eigenvalue weighted by Gasteiger charge is -2.24. The lowest BCUT2D eigenvalue weighted by molar-refractivity contribution is 0.0812. The smallest absolute Gasteiger partial charge is 0.254 e. The van der Waals surface area contributed by atoms with Crippen LogP contribution in [0.15, 0.2) is 41.6 Å². The van der Waals surface area contributed by atoms with Gasteiger partial charge in [0.05, 0.1) is 22.3 Å². The van der Waals surface area contributed by atoms with Crippen molar-refractivity contribution in [2.45, 2.75) is 25.7 Å². The zero-order valence-electron chi connectivity index (χ0n) is 16.4. The minimum Gasteiger partial charge on any atom is -0.399 e. The first kappa shape index (κ1) is 23.8. The van der Waals surface area contributed by atoms with Crippen molar-refractivity contribution in [1.29, 1.82) is 0 Å². The Bertz CT molecular complexity index is 882. The van der Waals surface area contributed by atoms with Crippen LogP contribution in [0.5, 0.6) is 0 Å². The van der Waals surface area contributed by atoms with E-state index >= 15 is 0 Å². The quantitative estimate of drug-likeness (QED) is 0.306. The monoisotopic (exact) mass is 474 g/mol. The lowest BCUT2D eigenvalue weighted by Crippen LogP contribution is -2.34. The van der Waals surface area contributed by atoms with Gasteiger partial charge < -0.3 is 9.74 Å². The Hall–Kier alpha value is -1.46. The van der Waals surface area contributed by atoms with E-state index in [1.54, 1.807) is 36.2 Å². The fourth-order valence-electron chi connectivity index (χ4n) is 3.08.